The van der Waals surface area contributed by atoms with Crippen LogP contribution in [0.4, 0.5) is 0 Å². The van der Waals surface area contributed by atoms with Gasteiger partial charge in [-0.25, -0.2) is 9.67 Å². The van der Waals surface area contributed by atoms with Crippen LogP contribution in [-0.4, -0.2) is 19.3 Å². The molecule has 1 aliphatic heterocycles. The topological polar surface area (TPSA) is 44.9 Å². The Balaban J connectivity index is 1.40. The van der Waals surface area contributed by atoms with Crippen LogP contribution in [-0.2, 0) is 27.1 Å². The summed E-state index contributed by atoms with van der Waals surface area (Å²) in [5, 5.41) is 4.74. The van der Waals surface area contributed by atoms with E-state index in [2.05, 4.69) is 173 Å². The fraction of sp³-hybridized carbons (Fsp3) is 0.358. The van der Waals surface area contributed by atoms with Crippen molar-refractivity contribution >= 4 is 11.0 Å². The van der Waals surface area contributed by atoms with E-state index in [-0.39, 0.29) is 21.7 Å². The Labute approximate surface area is 345 Å². The van der Waals surface area contributed by atoms with E-state index in [4.69, 9.17) is 14.8 Å². The normalized spacial score (nSPS) is 14.5. The standard InChI is InChI=1S/C53H58N4O/c1-31-23-32(2)57(55-31)35-17-15-18-36(28-35)58-37-21-22-40-45(29-37)56-30-54-44-20-16-19-41(48(44)56)53(40)46-38(24-33(49(3,4)5)26-42(46)51(9,10)11)39-25-34(50(6,7)8)27-43(47(39)53)52(12,13)14/h15-30H,1-14H3. The van der Waals surface area contributed by atoms with Gasteiger partial charge in [-0.05, 0) is 121 Å². The maximum atomic E-state index is 6.79. The third-order valence-electron chi connectivity index (χ3n) is 12.6. The van der Waals surface area contributed by atoms with E-state index in [0.717, 1.165) is 45.3 Å². The number of hydrogen-bond acceptors (Lipinski definition) is 3. The highest BCUT2D eigenvalue weighted by Gasteiger charge is 2.55. The number of benzene rings is 5. The van der Waals surface area contributed by atoms with Crippen molar-refractivity contribution in [3.63, 3.8) is 0 Å². The molecule has 1 aliphatic carbocycles. The van der Waals surface area contributed by atoms with Crippen molar-refractivity contribution in [1.82, 2.24) is 19.3 Å². The number of nitrogens with zero attached hydrogens (tertiary/aromatic N) is 4. The van der Waals surface area contributed by atoms with Gasteiger partial charge in [-0.15, -0.1) is 0 Å². The van der Waals surface area contributed by atoms with Crippen LogP contribution in [0.2, 0.25) is 0 Å². The first-order valence-electron chi connectivity index (χ1n) is 20.9. The Bertz CT molecular complexity index is 2740. The maximum Gasteiger partial charge on any atom is 0.129 e. The van der Waals surface area contributed by atoms with Gasteiger partial charge in [-0.1, -0.05) is 132 Å². The Kier molecular flexibility index (Phi) is 8.08. The second kappa shape index (κ2) is 12.3. The Morgan fingerprint density at radius 3 is 1.71 bits per heavy atom. The summed E-state index contributed by atoms with van der Waals surface area (Å²) in [5.41, 5.74) is 18.8. The molecule has 5 heteroatoms. The van der Waals surface area contributed by atoms with Crippen molar-refractivity contribution < 1.29 is 4.74 Å². The molecule has 0 saturated heterocycles. The quantitative estimate of drug-likeness (QED) is 0.180. The molecule has 5 aromatic carbocycles. The molecule has 296 valence electrons. The zero-order valence-corrected chi connectivity index (χ0v) is 36.9. The van der Waals surface area contributed by atoms with Crippen molar-refractivity contribution in [2.24, 2.45) is 0 Å². The molecule has 2 aliphatic rings. The second-order valence-electron chi connectivity index (χ2n) is 21.0. The van der Waals surface area contributed by atoms with E-state index in [0.29, 0.717) is 0 Å². The Morgan fingerprint density at radius 2 is 1.16 bits per heavy atom. The third-order valence-corrected chi connectivity index (χ3v) is 12.6. The van der Waals surface area contributed by atoms with E-state index in [1.165, 1.54) is 55.6 Å². The van der Waals surface area contributed by atoms with Gasteiger partial charge in [0.15, 0.2) is 0 Å². The molecular weight excluding hydrogens is 709 g/mol. The fourth-order valence-corrected chi connectivity index (χ4v) is 9.72. The number of fused-ring (bicyclic) bond motifs is 9. The van der Waals surface area contributed by atoms with Crippen molar-refractivity contribution in [2.45, 2.75) is 124 Å². The molecule has 0 amide bonds. The van der Waals surface area contributed by atoms with E-state index in [1.807, 2.05) is 30.1 Å². The molecule has 0 saturated carbocycles. The van der Waals surface area contributed by atoms with Gasteiger partial charge in [-0.2, -0.15) is 5.10 Å². The summed E-state index contributed by atoms with van der Waals surface area (Å²) in [6.07, 6.45) is 2.00. The summed E-state index contributed by atoms with van der Waals surface area (Å²) in [5.74, 6) is 1.54. The van der Waals surface area contributed by atoms with Crippen molar-refractivity contribution in [2.75, 3.05) is 0 Å². The molecule has 9 rings (SSSR count). The first-order chi connectivity index (χ1) is 27.1. The van der Waals surface area contributed by atoms with Crippen LogP contribution in [0.3, 0.4) is 0 Å². The first-order valence-corrected chi connectivity index (χ1v) is 20.9. The molecular formula is C53H58N4O. The third kappa shape index (κ3) is 5.63. The summed E-state index contributed by atoms with van der Waals surface area (Å²) in [7, 11) is 0. The van der Waals surface area contributed by atoms with Crippen molar-refractivity contribution in [3.05, 3.63) is 153 Å². The predicted octanol–water partition coefficient (Wildman–Crippen LogP) is 13.5. The highest BCUT2D eigenvalue weighted by atomic mass is 16.5. The van der Waals surface area contributed by atoms with Crippen LogP contribution in [0.25, 0.3) is 33.5 Å². The number of rotatable bonds is 3. The lowest BCUT2D eigenvalue weighted by molar-refractivity contribution is 0.481. The lowest BCUT2D eigenvalue weighted by Crippen LogP contribution is -2.38. The van der Waals surface area contributed by atoms with E-state index < -0.39 is 5.41 Å². The molecule has 0 N–H and O–H groups in total. The molecule has 2 aromatic heterocycles. The molecule has 0 fully saturated rings. The molecule has 1 spiro atoms. The number of imidazole rings is 1. The number of ether oxygens (including phenoxy) is 1. The van der Waals surface area contributed by atoms with Gasteiger partial charge >= 0.3 is 0 Å². The van der Waals surface area contributed by atoms with E-state index >= 15 is 0 Å². The van der Waals surface area contributed by atoms with Gasteiger partial charge in [0, 0.05) is 17.8 Å². The number of para-hydroxylation sites is 1. The highest BCUT2D eigenvalue weighted by Crippen LogP contribution is 2.65. The largest absolute Gasteiger partial charge is 0.457 e. The summed E-state index contributed by atoms with van der Waals surface area (Å²) >= 11 is 0. The maximum absolute atomic E-state index is 6.79. The van der Waals surface area contributed by atoms with E-state index in [9.17, 15) is 0 Å². The summed E-state index contributed by atoms with van der Waals surface area (Å²) in [4.78, 5) is 5.07. The van der Waals surface area contributed by atoms with Gasteiger partial charge in [0.25, 0.3) is 0 Å². The Morgan fingerprint density at radius 1 is 0.569 bits per heavy atom. The average molecular weight is 767 g/mol. The Hall–Kier alpha value is -5.42. The average Bonchev–Trinajstić information content (AvgIpc) is 3.81. The highest BCUT2D eigenvalue weighted by molar-refractivity contribution is 5.97. The van der Waals surface area contributed by atoms with Gasteiger partial charge in [0.1, 0.15) is 17.8 Å². The second-order valence-corrected chi connectivity index (χ2v) is 21.0. The van der Waals surface area contributed by atoms with Crippen molar-refractivity contribution in [1.29, 1.82) is 0 Å². The summed E-state index contributed by atoms with van der Waals surface area (Å²) in [6, 6.07) is 34.0. The van der Waals surface area contributed by atoms with Crippen LogP contribution in [0.5, 0.6) is 11.5 Å². The van der Waals surface area contributed by atoms with Crippen LogP contribution in [0.1, 0.15) is 139 Å². The first kappa shape index (κ1) is 38.1. The molecule has 7 aromatic rings. The monoisotopic (exact) mass is 766 g/mol. The fourth-order valence-electron chi connectivity index (χ4n) is 9.72. The minimum Gasteiger partial charge on any atom is -0.457 e. The lowest BCUT2D eigenvalue weighted by atomic mass is 9.60. The molecule has 0 unspecified atom stereocenters. The van der Waals surface area contributed by atoms with Crippen LogP contribution >= 0.6 is 0 Å². The van der Waals surface area contributed by atoms with Crippen LogP contribution < -0.4 is 4.74 Å². The summed E-state index contributed by atoms with van der Waals surface area (Å²) < 4.78 is 11.1. The molecule has 58 heavy (non-hydrogen) atoms. The van der Waals surface area contributed by atoms with Gasteiger partial charge in [0.2, 0.25) is 0 Å². The minimum atomic E-state index is -0.623. The minimum absolute atomic E-state index is 0.0406. The summed E-state index contributed by atoms with van der Waals surface area (Å²) in [6.45, 7) is 32.6. The van der Waals surface area contributed by atoms with Crippen LogP contribution in [0, 0.1) is 13.8 Å². The molecule has 5 nitrogen and oxygen atoms in total. The number of hydrogen-bond donors (Lipinski definition) is 0. The number of aryl methyl sites for hydroxylation is 2. The smallest absolute Gasteiger partial charge is 0.129 e. The van der Waals surface area contributed by atoms with E-state index in [1.54, 1.807) is 0 Å². The van der Waals surface area contributed by atoms with Gasteiger partial charge < -0.3 is 4.74 Å². The SMILES string of the molecule is Cc1cc(C)n(-c2cccc(Oc3ccc4c(c3)-n3cnc5cccc(c53)C43c4c(cc(C(C)(C)C)cc4C(C)(C)C)-c4cc(C(C)(C)C)cc(C(C)(C)C)c43)c2)n1. The number of aromatic nitrogens is 4. The molecule has 0 bridgehead atoms. The predicted molar refractivity (Wildman–Crippen MR) is 240 cm³/mol. The van der Waals surface area contributed by atoms with Gasteiger partial charge in [0.05, 0.1) is 33.5 Å². The van der Waals surface area contributed by atoms with Crippen LogP contribution in [0.15, 0.2) is 97.3 Å². The molecule has 0 radical (unpaired) electrons. The molecule has 3 heterocycles. The molecule has 0 atom stereocenters. The lowest BCUT2D eigenvalue weighted by Gasteiger charge is -2.44. The van der Waals surface area contributed by atoms with Gasteiger partial charge in [-0.3, -0.25) is 4.57 Å². The zero-order valence-electron chi connectivity index (χ0n) is 36.9. The zero-order chi connectivity index (χ0) is 41.5. The van der Waals surface area contributed by atoms with Crippen molar-refractivity contribution in [3.8, 4) is 34.0 Å².